The van der Waals surface area contributed by atoms with Gasteiger partial charge >= 0.3 is 5.97 Å². The third-order valence-corrected chi connectivity index (χ3v) is 7.78. The van der Waals surface area contributed by atoms with Crippen LogP contribution in [-0.2, 0) is 22.7 Å². The van der Waals surface area contributed by atoms with Gasteiger partial charge in [-0.3, -0.25) is 4.79 Å². The van der Waals surface area contributed by atoms with Crippen LogP contribution in [0.4, 0.5) is 0 Å². The maximum Gasteiger partial charge on any atom is 0.307 e. The number of halogens is 1. The van der Waals surface area contributed by atoms with Gasteiger partial charge in [0.05, 0.1) is 5.92 Å². The molecule has 8 nitrogen and oxygen atoms in total. The summed E-state index contributed by atoms with van der Waals surface area (Å²) >= 11 is 4.88. The molecule has 2 aromatic heterocycles. The second-order valence-electron chi connectivity index (χ2n) is 8.85. The molecule has 0 radical (unpaired) electrons. The Morgan fingerprint density at radius 1 is 1.38 bits per heavy atom. The van der Waals surface area contributed by atoms with Gasteiger partial charge in [0.2, 0.25) is 0 Å². The van der Waals surface area contributed by atoms with Crippen molar-refractivity contribution in [2.24, 2.45) is 11.8 Å². The Morgan fingerprint density at radius 2 is 2.10 bits per heavy atom. The first-order valence-electron chi connectivity index (χ1n) is 9.73. The number of aliphatic carboxylic acids is 1. The molecule has 2 heterocycles. The third kappa shape index (κ3) is 7.87. The summed E-state index contributed by atoms with van der Waals surface area (Å²) in [6.07, 6.45) is 2.83. The first-order chi connectivity index (χ1) is 13.6. The number of hydrogen-bond acceptors (Lipinski definition) is 7. The number of nitrogens with zero attached hydrogens (tertiary/aromatic N) is 5. The van der Waals surface area contributed by atoms with Crippen LogP contribution < -0.4 is 0 Å². The highest BCUT2D eigenvalue weighted by atomic mass is 79.9. The molecule has 0 fully saturated rings. The summed E-state index contributed by atoms with van der Waals surface area (Å²) in [5.74, 6) is -0.998. The third-order valence-electron chi connectivity index (χ3n) is 4.58. The van der Waals surface area contributed by atoms with Crippen molar-refractivity contribution in [3.63, 3.8) is 0 Å². The fraction of sp³-hybridized carbons (Fsp3) is 0.722. The molecule has 0 aliphatic rings. The van der Waals surface area contributed by atoms with E-state index in [4.69, 9.17) is 4.74 Å². The zero-order chi connectivity index (χ0) is 21.6. The first kappa shape index (κ1) is 24.1. The molecular weight excluding hydrogens is 474 g/mol. The van der Waals surface area contributed by atoms with Crippen molar-refractivity contribution in [1.82, 2.24) is 25.2 Å². The van der Waals surface area contributed by atoms with Crippen molar-refractivity contribution in [2.75, 3.05) is 6.61 Å². The molecule has 2 atom stereocenters. The average molecular weight is 505 g/mol. The van der Waals surface area contributed by atoms with Crippen LogP contribution in [0.5, 0.6) is 0 Å². The molecule has 0 spiro atoms. The quantitative estimate of drug-likeness (QED) is 0.340. The van der Waals surface area contributed by atoms with Gasteiger partial charge in [-0.2, -0.15) is 0 Å². The number of aromatic nitrogens is 5. The second-order valence-corrected chi connectivity index (χ2v) is 16.9. The molecule has 162 valence electrons. The highest BCUT2D eigenvalue weighted by molar-refractivity contribution is 9.11. The van der Waals surface area contributed by atoms with Gasteiger partial charge in [0.1, 0.15) is 6.73 Å². The van der Waals surface area contributed by atoms with Crippen LogP contribution in [0.3, 0.4) is 0 Å². The van der Waals surface area contributed by atoms with E-state index in [2.05, 4.69) is 56.1 Å². The predicted octanol–water partition coefficient (Wildman–Crippen LogP) is 4.28. The van der Waals surface area contributed by atoms with E-state index in [1.54, 1.807) is 10.9 Å². The standard InChI is InChI=1S/C18H30BrN5O3SSi/c1-12(2)8-15(17(25)26)14(9-13-10-20-18(19)28-13)16-21-22-23-24(16)11-27-6-7-29(3,4)5/h10,12,14-15H,6-9,11H2,1-5H3,(H,25,26)/t14-,15?/m0/s1. The Morgan fingerprint density at radius 3 is 2.66 bits per heavy atom. The zero-order valence-corrected chi connectivity index (χ0v) is 21.0. The summed E-state index contributed by atoms with van der Waals surface area (Å²) in [5.41, 5.74) is 0. The molecule has 1 unspecified atom stereocenters. The monoisotopic (exact) mass is 503 g/mol. The molecular formula is C18H30BrN5O3SSi. The Kier molecular flexibility index (Phi) is 8.92. The van der Waals surface area contributed by atoms with E-state index >= 15 is 0 Å². The molecule has 0 aliphatic heterocycles. The van der Waals surface area contributed by atoms with Gasteiger partial charge in [0, 0.05) is 31.7 Å². The van der Waals surface area contributed by atoms with Crippen molar-refractivity contribution < 1.29 is 14.6 Å². The van der Waals surface area contributed by atoms with Gasteiger partial charge in [-0.1, -0.05) is 33.5 Å². The van der Waals surface area contributed by atoms with E-state index in [0.29, 0.717) is 25.3 Å². The molecule has 0 aromatic carbocycles. The number of carbonyl (C=O) groups is 1. The van der Waals surface area contributed by atoms with Crippen LogP contribution in [-0.4, -0.2) is 50.9 Å². The number of ether oxygens (including phenoxy) is 1. The topological polar surface area (TPSA) is 103 Å². The van der Waals surface area contributed by atoms with Crippen LogP contribution in [0.15, 0.2) is 10.1 Å². The molecule has 0 aliphatic carbocycles. The minimum absolute atomic E-state index is 0.226. The lowest BCUT2D eigenvalue weighted by Gasteiger charge is -2.24. The molecule has 29 heavy (non-hydrogen) atoms. The normalized spacial score (nSPS) is 14.3. The summed E-state index contributed by atoms with van der Waals surface area (Å²) in [6.45, 7) is 11.8. The van der Waals surface area contributed by atoms with Gasteiger partial charge in [-0.05, 0) is 51.2 Å². The molecule has 0 saturated carbocycles. The number of carboxylic acids is 1. The Balaban J connectivity index is 2.24. The smallest absolute Gasteiger partial charge is 0.307 e. The van der Waals surface area contributed by atoms with E-state index in [-0.39, 0.29) is 18.6 Å². The number of thiazole rings is 1. The summed E-state index contributed by atoms with van der Waals surface area (Å²) in [5, 5.41) is 22.0. The van der Waals surface area contributed by atoms with Gasteiger partial charge in [-0.15, -0.1) is 16.4 Å². The summed E-state index contributed by atoms with van der Waals surface area (Å²) in [6, 6.07) is 1.05. The van der Waals surface area contributed by atoms with Crippen molar-refractivity contribution in [3.05, 3.63) is 20.8 Å². The van der Waals surface area contributed by atoms with Crippen LogP contribution >= 0.6 is 27.3 Å². The van der Waals surface area contributed by atoms with Crippen LogP contribution in [0.25, 0.3) is 0 Å². The predicted molar refractivity (Wildman–Crippen MR) is 119 cm³/mol. The number of carboxylic acid groups (broad SMARTS) is 1. The minimum Gasteiger partial charge on any atom is -0.481 e. The fourth-order valence-corrected chi connectivity index (χ4v) is 5.22. The Bertz CT molecular complexity index is 793. The maximum absolute atomic E-state index is 12.1. The van der Waals surface area contributed by atoms with E-state index in [1.807, 2.05) is 13.8 Å². The molecule has 2 aromatic rings. The number of hydrogen-bond donors (Lipinski definition) is 1. The van der Waals surface area contributed by atoms with Crippen molar-refractivity contribution >= 4 is 41.3 Å². The number of rotatable bonds is 12. The van der Waals surface area contributed by atoms with Crippen molar-refractivity contribution in [1.29, 1.82) is 0 Å². The lowest BCUT2D eigenvalue weighted by atomic mass is 9.82. The van der Waals surface area contributed by atoms with E-state index in [9.17, 15) is 9.90 Å². The molecule has 11 heteroatoms. The number of tetrazole rings is 1. The van der Waals surface area contributed by atoms with Crippen LogP contribution in [0.2, 0.25) is 25.7 Å². The second kappa shape index (κ2) is 10.7. The lowest BCUT2D eigenvalue weighted by Crippen LogP contribution is -2.28. The molecule has 0 amide bonds. The SMILES string of the molecule is CC(C)CC(C(=O)O)[C@H](Cc1cnc(Br)s1)c1nnnn1COCC[Si](C)(C)C. The van der Waals surface area contributed by atoms with Gasteiger partial charge in [0.15, 0.2) is 9.74 Å². The summed E-state index contributed by atoms with van der Waals surface area (Å²) in [4.78, 5) is 17.3. The Labute approximate surface area is 185 Å². The van der Waals surface area contributed by atoms with E-state index in [1.165, 1.54) is 11.3 Å². The summed E-state index contributed by atoms with van der Waals surface area (Å²) < 4.78 is 8.18. The van der Waals surface area contributed by atoms with E-state index < -0.39 is 20.0 Å². The average Bonchev–Trinajstić information content (AvgIpc) is 3.22. The zero-order valence-electron chi connectivity index (χ0n) is 17.6. The Hall–Kier alpha value is -1.17. The van der Waals surface area contributed by atoms with E-state index in [0.717, 1.165) is 14.8 Å². The van der Waals surface area contributed by atoms with Crippen LogP contribution in [0.1, 0.15) is 36.9 Å². The molecule has 1 N–H and O–H groups in total. The van der Waals surface area contributed by atoms with Crippen molar-refractivity contribution in [2.45, 2.75) is 65.0 Å². The largest absolute Gasteiger partial charge is 0.481 e. The minimum atomic E-state index is -1.19. The van der Waals surface area contributed by atoms with Gasteiger partial charge < -0.3 is 9.84 Å². The van der Waals surface area contributed by atoms with Gasteiger partial charge in [-0.25, -0.2) is 9.67 Å². The molecule has 2 rings (SSSR count). The van der Waals surface area contributed by atoms with Crippen LogP contribution in [0, 0.1) is 11.8 Å². The molecule has 0 saturated heterocycles. The lowest BCUT2D eigenvalue weighted by molar-refractivity contribution is -0.143. The first-order valence-corrected chi connectivity index (χ1v) is 15.1. The van der Waals surface area contributed by atoms with Gasteiger partial charge in [0.25, 0.3) is 0 Å². The maximum atomic E-state index is 12.1. The molecule has 0 bridgehead atoms. The highest BCUT2D eigenvalue weighted by Crippen LogP contribution is 2.34. The van der Waals surface area contributed by atoms with Crippen molar-refractivity contribution in [3.8, 4) is 0 Å². The summed E-state index contributed by atoms with van der Waals surface area (Å²) in [7, 11) is -1.19. The fourth-order valence-electron chi connectivity index (χ4n) is 3.05. The highest BCUT2D eigenvalue weighted by Gasteiger charge is 2.34.